The quantitative estimate of drug-likeness (QED) is 0.0856. The number of hydrogen-bond donors (Lipinski definition) is 4. The number of phenols is 2. The number of phenolic OH excluding ortho intramolecular Hbond substituents is 2. The fraction of sp³-hybridized carbons (Fsp3) is 0.290. The van der Waals surface area contributed by atoms with Gasteiger partial charge in [-0.2, -0.15) is 0 Å². The minimum atomic E-state index is -0.115. The molecule has 4 N–H and O–H groups in total. The maximum Gasteiger partial charge on any atom is 0.131 e. The Kier molecular flexibility index (Phi) is 14.1. The molecular formula is C69H73HfN2O4-. The number of fused-ring (bicyclic) bond motifs is 6. The second-order valence-corrected chi connectivity index (χ2v) is 25.0. The van der Waals surface area contributed by atoms with Gasteiger partial charge in [-0.05, 0) is 153 Å². The number of nitrogens with one attached hydrogen (secondary N) is 2. The summed E-state index contributed by atoms with van der Waals surface area (Å²) in [6, 6.07) is 46.6. The van der Waals surface area contributed by atoms with Crippen molar-refractivity contribution in [3.8, 4) is 67.5 Å². The maximum absolute atomic E-state index is 12.2. The molecule has 10 aromatic rings. The summed E-state index contributed by atoms with van der Waals surface area (Å²) >= 11 is 0. The van der Waals surface area contributed by atoms with Crippen molar-refractivity contribution in [2.75, 3.05) is 0 Å². The van der Waals surface area contributed by atoms with E-state index in [1.54, 1.807) is 0 Å². The molecule has 0 amide bonds. The SMILES string of the molecule is CC[C-](Oc1ccc(-c2cccc(-c3cc(C(C)(C)C)cc4c3[nH]c3ccc(C(C)(C)C)cc34)c2O)cc1C)Oc1ccc(-c2cccc(-c3cc(C(C)(C)C)cc4c3[nH]c3ccc(C(C)(C)C)cc34)c2O)cc1C.[Hf]. The number of para-hydroxylation sites is 2. The van der Waals surface area contributed by atoms with Crippen molar-refractivity contribution in [3.05, 3.63) is 173 Å². The van der Waals surface area contributed by atoms with Gasteiger partial charge in [0.2, 0.25) is 0 Å². The Morgan fingerprint density at radius 3 is 1.11 bits per heavy atom. The van der Waals surface area contributed by atoms with Crippen LogP contribution in [0.25, 0.3) is 88.1 Å². The summed E-state index contributed by atoms with van der Waals surface area (Å²) < 4.78 is 13.0. The molecule has 0 spiro atoms. The van der Waals surface area contributed by atoms with Gasteiger partial charge in [-0.3, -0.25) is 0 Å². The average molecular weight is 1170 g/mol. The zero-order chi connectivity index (χ0) is 53.7. The number of aromatic nitrogens is 2. The van der Waals surface area contributed by atoms with Crippen LogP contribution < -0.4 is 9.47 Å². The first-order valence-electron chi connectivity index (χ1n) is 26.6. The molecule has 76 heavy (non-hydrogen) atoms. The molecule has 0 saturated carbocycles. The fourth-order valence-electron chi connectivity index (χ4n) is 10.5. The molecule has 0 aliphatic heterocycles. The van der Waals surface area contributed by atoms with Crippen LogP contribution in [0.2, 0.25) is 0 Å². The molecular weight excluding hydrogens is 1100 g/mol. The van der Waals surface area contributed by atoms with Crippen molar-refractivity contribution in [3.63, 3.8) is 0 Å². The third kappa shape index (κ3) is 10.1. The van der Waals surface area contributed by atoms with Gasteiger partial charge in [0.1, 0.15) is 11.5 Å². The van der Waals surface area contributed by atoms with E-state index in [0.29, 0.717) is 24.2 Å². The summed E-state index contributed by atoms with van der Waals surface area (Å²) in [7, 11) is 0. The van der Waals surface area contributed by atoms with Crippen molar-refractivity contribution in [2.45, 2.75) is 132 Å². The Bertz CT molecular complexity index is 3610. The van der Waals surface area contributed by atoms with Crippen LogP contribution in [0, 0.1) is 20.1 Å². The Hall–Kier alpha value is -6.57. The third-order valence-electron chi connectivity index (χ3n) is 15.2. The Balaban J connectivity index is 0.00000706. The second kappa shape index (κ2) is 19.8. The third-order valence-corrected chi connectivity index (χ3v) is 15.2. The molecule has 7 heteroatoms. The van der Waals surface area contributed by atoms with Gasteiger partial charge in [-0.15, -0.1) is 6.42 Å². The zero-order valence-electron chi connectivity index (χ0n) is 47.1. The monoisotopic (exact) mass is 1170 g/mol. The molecule has 2 heterocycles. The van der Waals surface area contributed by atoms with E-state index in [2.05, 4.69) is 166 Å². The second-order valence-electron chi connectivity index (χ2n) is 25.0. The van der Waals surface area contributed by atoms with Crippen LogP contribution in [0.15, 0.2) is 133 Å². The van der Waals surface area contributed by atoms with Crippen molar-refractivity contribution in [1.29, 1.82) is 0 Å². The van der Waals surface area contributed by atoms with Crippen LogP contribution in [0.1, 0.15) is 130 Å². The number of aryl methyl sites for hydroxylation is 2. The zero-order valence-corrected chi connectivity index (χ0v) is 50.7. The Morgan fingerprint density at radius 2 is 0.763 bits per heavy atom. The summed E-state index contributed by atoms with van der Waals surface area (Å²) in [5.41, 5.74) is 17.5. The molecule has 388 valence electrons. The average Bonchev–Trinajstić information content (AvgIpc) is 3.95. The molecule has 6 nitrogen and oxygen atoms in total. The van der Waals surface area contributed by atoms with Gasteiger partial charge in [-0.1, -0.05) is 151 Å². The van der Waals surface area contributed by atoms with Crippen LogP contribution in [0.3, 0.4) is 0 Å². The molecule has 2 aromatic heterocycles. The van der Waals surface area contributed by atoms with E-state index in [0.717, 1.165) is 88.5 Å². The number of rotatable bonds is 9. The molecule has 0 bridgehead atoms. The van der Waals surface area contributed by atoms with Crippen molar-refractivity contribution < 1.29 is 45.5 Å². The Labute approximate surface area is 468 Å². The van der Waals surface area contributed by atoms with Crippen molar-refractivity contribution in [1.82, 2.24) is 9.97 Å². The molecule has 0 unspecified atom stereocenters. The van der Waals surface area contributed by atoms with E-state index in [1.807, 2.05) is 81.4 Å². The number of hydrogen-bond acceptors (Lipinski definition) is 4. The number of benzene rings is 8. The number of aromatic hydroxyl groups is 2. The van der Waals surface area contributed by atoms with Gasteiger partial charge in [0, 0.05) is 98.1 Å². The predicted molar refractivity (Wildman–Crippen MR) is 316 cm³/mol. The molecule has 0 aliphatic carbocycles. The summed E-state index contributed by atoms with van der Waals surface area (Å²) in [5.74, 6) is 1.80. The normalized spacial score (nSPS) is 12.6. The first kappa shape index (κ1) is 54.2. The topological polar surface area (TPSA) is 90.5 Å². The molecule has 0 fully saturated rings. The van der Waals surface area contributed by atoms with Crippen LogP contribution in [0.5, 0.6) is 23.0 Å². The first-order chi connectivity index (χ1) is 35.3. The van der Waals surface area contributed by atoms with E-state index in [-0.39, 0.29) is 59.0 Å². The standard InChI is InChI=1S/C69H73N2O4.Hf/c1-16-61(74-59-29-23-41(31-39(59)2)47-19-17-21-49(64(47)72)53-35-45(68(10,11)12)37-55-51-33-43(66(4,5)6)25-27-57(51)70-62(53)55)75-60-30-24-42(32-40(60)3)48-20-18-22-50(65(48)73)54-36-46(69(13,14)15)38-56-52-34-44(67(7,8)9)26-28-58(52)71-63(54)56;/h17-38,70-73H,16H2,1-15H3;/q-1;. The summed E-state index contributed by atoms with van der Waals surface area (Å²) in [4.78, 5) is 7.47. The predicted octanol–water partition coefficient (Wildman–Crippen LogP) is 19.2. The minimum Gasteiger partial charge on any atom is -0.619 e. The van der Waals surface area contributed by atoms with Crippen LogP contribution >= 0.6 is 0 Å². The van der Waals surface area contributed by atoms with E-state index in [4.69, 9.17) is 9.47 Å². The summed E-state index contributed by atoms with van der Waals surface area (Å²) in [6.07, 6.45) is 0.984. The molecule has 0 aliphatic rings. The van der Waals surface area contributed by atoms with Gasteiger partial charge in [0.05, 0.1) is 22.5 Å². The summed E-state index contributed by atoms with van der Waals surface area (Å²) in [6.45, 7) is 33.0. The van der Waals surface area contributed by atoms with E-state index < -0.39 is 0 Å². The summed E-state index contributed by atoms with van der Waals surface area (Å²) in [5, 5.41) is 29.1. The van der Waals surface area contributed by atoms with E-state index in [1.165, 1.54) is 33.0 Å². The van der Waals surface area contributed by atoms with Gasteiger partial charge >= 0.3 is 0 Å². The number of H-pyrrole nitrogens is 2. The van der Waals surface area contributed by atoms with E-state index >= 15 is 0 Å². The Morgan fingerprint density at radius 1 is 0.408 bits per heavy atom. The number of aromatic amines is 2. The van der Waals surface area contributed by atoms with E-state index in [9.17, 15) is 10.2 Å². The van der Waals surface area contributed by atoms with Gasteiger partial charge < -0.3 is 29.7 Å². The molecule has 10 rings (SSSR count). The largest absolute Gasteiger partial charge is 0.619 e. The fourth-order valence-corrected chi connectivity index (χ4v) is 10.5. The number of ether oxygens (including phenoxy) is 2. The van der Waals surface area contributed by atoms with Gasteiger partial charge in [0.25, 0.3) is 0 Å². The van der Waals surface area contributed by atoms with Gasteiger partial charge in [-0.25, -0.2) is 0 Å². The van der Waals surface area contributed by atoms with Crippen LogP contribution in [-0.2, 0) is 47.5 Å². The van der Waals surface area contributed by atoms with Crippen LogP contribution in [-0.4, -0.2) is 20.2 Å². The van der Waals surface area contributed by atoms with Gasteiger partial charge in [0.15, 0.2) is 0 Å². The van der Waals surface area contributed by atoms with Crippen molar-refractivity contribution >= 4 is 43.6 Å². The van der Waals surface area contributed by atoms with Crippen LogP contribution in [0.4, 0.5) is 0 Å². The molecule has 0 radical (unpaired) electrons. The first-order valence-corrected chi connectivity index (χ1v) is 26.6. The smallest absolute Gasteiger partial charge is 0.131 e. The maximum atomic E-state index is 12.2. The molecule has 0 atom stereocenters. The molecule has 0 saturated heterocycles. The van der Waals surface area contributed by atoms with Crippen molar-refractivity contribution in [2.24, 2.45) is 0 Å². The molecule has 8 aromatic carbocycles. The minimum absolute atomic E-state index is 0.